The summed E-state index contributed by atoms with van der Waals surface area (Å²) in [4.78, 5) is 34.6. The van der Waals surface area contributed by atoms with Crippen LogP contribution in [0.5, 0.6) is 5.75 Å². The first kappa shape index (κ1) is 19.2. The summed E-state index contributed by atoms with van der Waals surface area (Å²) in [5, 5.41) is 2.85. The van der Waals surface area contributed by atoms with Crippen LogP contribution in [0.4, 0.5) is 10.5 Å². The van der Waals surface area contributed by atoms with Crippen LogP contribution in [0.3, 0.4) is 0 Å². The number of hydrazine groups is 1. The Morgan fingerprint density at radius 1 is 1.07 bits per heavy atom. The molecule has 4 amide bonds. The number of anilines is 1. The van der Waals surface area contributed by atoms with E-state index >= 15 is 0 Å². The molecule has 1 heterocycles. The molecule has 2 aromatic rings. The fourth-order valence-electron chi connectivity index (χ4n) is 2.38. The zero-order valence-corrected chi connectivity index (χ0v) is 15.4. The van der Waals surface area contributed by atoms with Crippen LogP contribution in [0.1, 0.15) is 10.4 Å². The molecular formula is C17H16N4O6S. The van der Waals surface area contributed by atoms with Crippen molar-refractivity contribution in [3.63, 3.8) is 0 Å². The average molecular weight is 404 g/mol. The van der Waals surface area contributed by atoms with Gasteiger partial charge in [-0.05, 0) is 48.5 Å². The normalized spacial score (nSPS) is 13.8. The van der Waals surface area contributed by atoms with Gasteiger partial charge in [-0.1, -0.05) is 0 Å². The maximum atomic E-state index is 12.5. The summed E-state index contributed by atoms with van der Waals surface area (Å²) in [5.74, 6) is -0.597. The van der Waals surface area contributed by atoms with Gasteiger partial charge in [0.2, 0.25) is 5.91 Å². The Labute approximate surface area is 160 Å². The zero-order valence-electron chi connectivity index (χ0n) is 14.6. The lowest BCUT2D eigenvalue weighted by Crippen LogP contribution is -2.44. The van der Waals surface area contributed by atoms with Crippen molar-refractivity contribution in [3.05, 3.63) is 54.1 Å². The molecule has 1 saturated heterocycles. The standard InChI is InChI=1S/C17H16N4O6S/c1-27-13-6-4-12(5-7-13)20-28(25,26)14-8-2-11(3-9-14)16(23)19-21-10-15(22)18-17(21)24/h2-9,20H,10H2,1H3,(H,19,23)(H,18,22,24). The molecule has 0 spiro atoms. The minimum absolute atomic E-state index is 0.0473. The number of hydrogen-bond acceptors (Lipinski definition) is 6. The highest BCUT2D eigenvalue weighted by molar-refractivity contribution is 7.92. The van der Waals surface area contributed by atoms with Gasteiger partial charge in [-0.3, -0.25) is 25.1 Å². The number of urea groups is 1. The Morgan fingerprint density at radius 2 is 1.71 bits per heavy atom. The molecule has 0 aromatic heterocycles. The number of benzene rings is 2. The van der Waals surface area contributed by atoms with Gasteiger partial charge >= 0.3 is 6.03 Å². The highest BCUT2D eigenvalue weighted by Crippen LogP contribution is 2.19. The molecule has 2 aromatic carbocycles. The Balaban J connectivity index is 1.69. The van der Waals surface area contributed by atoms with Crippen molar-refractivity contribution in [3.8, 4) is 5.75 Å². The SMILES string of the molecule is COc1ccc(NS(=O)(=O)c2ccc(C(=O)NN3CC(=O)NC3=O)cc2)cc1. The number of nitrogens with one attached hydrogen (secondary N) is 3. The fourth-order valence-corrected chi connectivity index (χ4v) is 3.44. The largest absolute Gasteiger partial charge is 0.497 e. The number of ether oxygens (including phenoxy) is 1. The first-order valence-corrected chi connectivity index (χ1v) is 9.46. The van der Waals surface area contributed by atoms with Gasteiger partial charge in [0, 0.05) is 11.3 Å². The van der Waals surface area contributed by atoms with Gasteiger partial charge in [0.05, 0.1) is 12.0 Å². The molecule has 0 atom stereocenters. The zero-order chi connectivity index (χ0) is 20.3. The topological polar surface area (TPSA) is 134 Å². The number of imide groups is 1. The van der Waals surface area contributed by atoms with E-state index in [0.29, 0.717) is 11.4 Å². The Hall–Kier alpha value is -3.60. The van der Waals surface area contributed by atoms with Crippen molar-refractivity contribution in [2.45, 2.75) is 4.90 Å². The first-order chi connectivity index (χ1) is 13.3. The van der Waals surface area contributed by atoms with Crippen LogP contribution in [-0.4, -0.2) is 44.9 Å². The van der Waals surface area contributed by atoms with Crippen LogP contribution < -0.4 is 20.2 Å². The third-order valence-corrected chi connectivity index (χ3v) is 5.20. The predicted octanol–water partition coefficient (Wildman–Crippen LogP) is 0.693. The van der Waals surface area contributed by atoms with Gasteiger partial charge < -0.3 is 4.74 Å². The monoisotopic (exact) mass is 404 g/mol. The van der Waals surface area contributed by atoms with Crippen LogP contribution in [0, 0.1) is 0 Å². The number of hydrogen-bond donors (Lipinski definition) is 3. The molecule has 10 nitrogen and oxygen atoms in total. The molecule has 1 aliphatic rings. The molecule has 1 aliphatic heterocycles. The summed E-state index contributed by atoms with van der Waals surface area (Å²) < 4.78 is 32.3. The summed E-state index contributed by atoms with van der Waals surface area (Å²) in [6, 6.07) is 10.7. The second-order valence-electron chi connectivity index (χ2n) is 5.74. The maximum absolute atomic E-state index is 12.5. The summed E-state index contributed by atoms with van der Waals surface area (Å²) in [6.45, 7) is -0.289. The van der Waals surface area contributed by atoms with Crippen LogP contribution in [0.15, 0.2) is 53.4 Å². The highest BCUT2D eigenvalue weighted by Gasteiger charge is 2.28. The summed E-state index contributed by atoms with van der Waals surface area (Å²) in [5.41, 5.74) is 2.74. The van der Waals surface area contributed by atoms with E-state index in [1.54, 1.807) is 24.3 Å². The second-order valence-corrected chi connectivity index (χ2v) is 7.42. The number of sulfonamides is 1. The van der Waals surface area contributed by atoms with Crippen LogP contribution >= 0.6 is 0 Å². The van der Waals surface area contributed by atoms with Gasteiger partial charge in [-0.2, -0.15) is 0 Å². The Morgan fingerprint density at radius 3 is 2.25 bits per heavy atom. The van der Waals surface area contributed by atoms with Crippen molar-refractivity contribution < 1.29 is 27.5 Å². The van der Waals surface area contributed by atoms with E-state index in [-0.39, 0.29) is 17.0 Å². The number of nitrogens with zero attached hydrogens (tertiary/aromatic N) is 1. The third-order valence-electron chi connectivity index (χ3n) is 3.80. The van der Waals surface area contributed by atoms with Gasteiger partial charge in [-0.25, -0.2) is 18.2 Å². The third kappa shape index (κ3) is 4.20. The van der Waals surface area contributed by atoms with Crippen LogP contribution in [-0.2, 0) is 14.8 Å². The number of carbonyl (C=O) groups is 3. The highest BCUT2D eigenvalue weighted by atomic mass is 32.2. The molecule has 1 fully saturated rings. The van der Waals surface area contributed by atoms with Crippen LogP contribution in [0.2, 0.25) is 0 Å². The van der Waals surface area contributed by atoms with Crippen molar-refractivity contribution in [1.82, 2.24) is 15.8 Å². The van der Waals surface area contributed by atoms with Crippen molar-refractivity contribution in [2.75, 3.05) is 18.4 Å². The lowest BCUT2D eigenvalue weighted by molar-refractivity contribution is -0.118. The summed E-state index contributed by atoms with van der Waals surface area (Å²) in [6.07, 6.45) is 0. The minimum atomic E-state index is -3.86. The lowest BCUT2D eigenvalue weighted by atomic mass is 10.2. The molecule has 0 unspecified atom stereocenters. The molecule has 0 aliphatic carbocycles. The minimum Gasteiger partial charge on any atom is -0.497 e. The molecule has 11 heteroatoms. The molecule has 0 radical (unpaired) electrons. The van der Waals surface area contributed by atoms with E-state index < -0.39 is 27.9 Å². The lowest BCUT2D eigenvalue weighted by Gasteiger charge is -2.14. The average Bonchev–Trinajstić information content (AvgIpc) is 2.99. The predicted molar refractivity (Wildman–Crippen MR) is 98.0 cm³/mol. The van der Waals surface area contributed by atoms with Gasteiger partial charge in [0.1, 0.15) is 12.3 Å². The van der Waals surface area contributed by atoms with Crippen molar-refractivity contribution in [2.24, 2.45) is 0 Å². The fraction of sp³-hybridized carbons (Fsp3) is 0.118. The second kappa shape index (κ2) is 7.56. The Kier molecular flexibility index (Phi) is 5.18. The smallest absolute Gasteiger partial charge is 0.343 e. The van der Waals surface area contributed by atoms with E-state index in [4.69, 9.17) is 4.74 Å². The van der Waals surface area contributed by atoms with E-state index in [1.807, 2.05) is 5.32 Å². The molecule has 28 heavy (non-hydrogen) atoms. The first-order valence-electron chi connectivity index (χ1n) is 7.98. The van der Waals surface area contributed by atoms with Gasteiger partial charge in [0.15, 0.2) is 0 Å². The number of amides is 4. The van der Waals surface area contributed by atoms with Crippen molar-refractivity contribution in [1.29, 1.82) is 0 Å². The Bertz CT molecular complexity index is 1020. The molecular weight excluding hydrogens is 388 g/mol. The van der Waals surface area contributed by atoms with E-state index in [0.717, 1.165) is 5.01 Å². The van der Waals surface area contributed by atoms with E-state index in [9.17, 15) is 22.8 Å². The number of carbonyl (C=O) groups excluding carboxylic acids is 3. The molecule has 146 valence electrons. The van der Waals surface area contributed by atoms with Crippen molar-refractivity contribution >= 4 is 33.6 Å². The molecule has 0 bridgehead atoms. The molecule has 3 N–H and O–H groups in total. The van der Waals surface area contributed by atoms with E-state index in [1.165, 1.54) is 31.4 Å². The quantitative estimate of drug-likeness (QED) is 0.607. The van der Waals surface area contributed by atoms with Gasteiger partial charge in [-0.15, -0.1) is 0 Å². The number of methoxy groups -OCH3 is 1. The summed E-state index contributed by atoms with van der Waals surface area (Å²) >= 11 is 0. The maximum Gasteiger partial charge on any atom is 0.343 e. The molecule has 3 rings (SSSR count). The molecule has 0 saturated carbocycles. The van der Waals surface area contributed by atoms with Crippen LogP contribution in [0.25, 0.3) is 0 Å². The number of rotatable bonds is 6. The van der Waals surface area contributed by atoms with E-state index in [2.05, 4.69) is 10.1 Å². The van der Waals surface area contributed by atoms with Gasteiger partial charge in [0.25, 0.3) is 15.9 Å². The summed E-state index contributed by atoms with van der Waals surface area (Å²) in [7, 11) is -2.35.